The van der Waals surface area contributed by atoms with E-state index in [9.17, 15) is 9.59 Å². The summed E-state index contributed by atoms with van der Waals surface area (Å²) < 4.78 is 5.06. The first-order chi connectivity index (χ1) is 8.54. The zero-order valence-corrected chi connectivity index (χ0v) is 10.8. The highest BCUT2D eigenvalue weighted by atomic mass is 16.5. The zero-order valence-electron chi connectivity index (χ0n) is 10.8. The molecule has 0 saturated heterocycles. The highest BCUT2D eigenvalue weighted by Crippen LogP contribution is 2.11. The summed E-state index contributed by atoms with van der Waals surface area (Å²) in [4.78, 5) is 22.3. The highest BCUT2D eigenvalue weighted by Gasteiger charge is 2.07. The Balaban J connectivity index is 2.82. The Kier molecular flexibility index (Phi) is 5.09. The molecular formula is C15H16O3. The minimum absolute atomic E-state index is 0.114. The molecule has 1 aromatic rings. The highest BCUT2D eigenvalue weighted by molar-refractivity contribution is 6.18. The number of Topliss-reactive ketones (excluding diaryl/α,β-unsaturated/α-hetero) is 2. The van der Waals surface area contributed by atoms with Crippen LogP contribution in [0.15, 0.2) is 41.6 Å². The normalized spacial score (nSPS) is 9.28. The van der Waals surface area contributed by atoms with Gasteiger partial charge in [-0.15, -0.1) is 5.73 Å². The summed E-state index contributed by atoms with van der Waals surface area (Å²) in [5.41, 5.74) is 3.94. The largest absolute Gasteiger partial charge is 0.497 e. The number of hydrogen-bond donors (Lipinski definition) is 0. The van der Waals surface area contributed by atoms with Crippen LogP contribution in [-0.4, -0.2) is 18.7 Å². The van der Waals surface area contributed by atoms with Crippen molar-refractivity contribution in [3.63, 3.8) is 0 Å². The molecule has 0 N–H and O–H groups in total. The van der Waals surface area contributed by atoms with Crippen molar-refractivity contribution in [2.75, 3.05) is 7.11 Å². The predicted molar refractivity (Wildman–Crippen MR) is 69.7 cm³/mol. The molecule has 0 aliphatic carbocycles. The molecule has 0 fully saturated rings. The van der Waals surface area contributed by atoms with Crippen LogP contribution in [0.25, 0.3) is 0 Å². The Morgan fingerprint density at radius 3 is 2.17 bits per heavy atom. The molecule has 18 heavy (non-hydrogen) atoms. The van der Waals surface area contributed by atoms with E-state index in [4.69, 9.17) is 4.74 Å². The lowest BCUT2D eigenvalue weighted by molar-refractivity contribution is -0.119. The Bertz CT molecular complexity index is 487. The molecule has 0 unspecified atom stereocenters. The molecule has 0 aliphatic rings. The number of benzene rings is 1. The van der Waals surface area contributed by atoms with Crippen molar-refractivity contribution in [3.8, 4) is 5.75 Å². The van der Waals surface area contributed by atoms with Gasteiger partial charge in [0.25, 0.3) is 0 Å². The van der Waals surface area contributed by atoms with E-state index >= 15 is 0 Å². The zero-order chi connectivity index (χ0) is 13.5. The maximum absolute atomic E-state index is 11.2. The number of carbonyl (C=O) groups excluding carboxylic acids is 2. The molecule has 3 nitrogen and oxygen atoms in total. The van der Waals surface area contributed by atoms with Crippen molar-refractivity contribution in [1.29, 1.82) is 0 Å². The summed E-state index contributed by atoms with van der Waals surface area (Å²) >= 11 is 0. The summed E-state index contributed by atoms with van der Waals surface area (Å²) in [7, 11) is 1.61. The lowest BCUT2D eigenvalue weighted by Gasteiger charge is -2.00. The first-order valence-corrected chi connectivity index (χ1v) is 5.64. The summed E-state index contributed by atoms with van der Waals surface area (Å²) in [5.74, 6) is 0.286. The minimum Gasteiger partial charge on any atom is -0.497 e. The van der Waals surface area contributed by atoms with Crippen LogP contribution in [0.5, 0.6) is 5.75 Å². The number of hydrogen-bond acceptors (Lipinski definition) is 3. The standard InChI is InChI=1S/C15H16O3/c1-11(16)15(12(2)17)6-4-5-13-7-9-14(18-3)10-8-13/h4,7-10H,5H2,1-3H3. The van der Waals surface area contributed by atoms with Crippen LogP contribution in [0, 0.1) is 0 Å². The van der Waals surface area contributed by atoms with Crippen LogP contribution < -0.4 is 4.74 Å². The Hall–Kier alpha value is -2.12. The molecular weight excluding hydrogens is 228 g/mol. The van der Waals surface area contributed by atoms with Gasteiger partial charge in [0, 0.05) is 0 Å². The average molecular weight is 244 g/mol. The molecule has 1 rings (SSSR count). The van der Waals surface area contributed by atoms with E-state index < -0.39 is 0 Å². The van der Waals surface area contributed by atoms with Crippen LogP contribution in [0.4, 0.5) is 0 Å². The summed E-state index contributed by atoms with van der Waals surface area (Å²) in [6.07, 6.45) is 2.31. The molecule has 1 aromatic carbocycles. The van der Waals surface area contributed by atoms with E-state index in [2.05, 4.69) is 5.73 Å². The Morgan fingerprint density at radius 2 is 1.72 bits per heavy atom. The number of methoxy groups -OCH3 is 1. The van der Waals surface area contributed by atoms with Crippen molar-refractivity contribution >= 4 is 11.6 Å². The van der Waals surface area contributed by atoms with Gasteiger partial charge < -0.3 is 4.74 Å². The third-order valence-electron chi connectivity index (χ3n) is 2.45. The molecule has 0 spiro atoms. The molecule has 0 aromatic heterocycles. The second kappa shape index (κ2) is 6.58. The van der Waals surface area contributed by atoms with Gasteiger partial charge in [0.1, 0.15) is 11.3 Å². The van der Waals surface area contributed by atoms with Crippen LogP contribution >= 0.6 is 0 Å². The van der Waals surface area contributed by atoms with Gasteiger partial charge in [0.05, 0.1) is 7.11 Å². The Labute approximate surface area is 107 Å². The van der Waals surface area contributed by atoms with Gasteiger partial charge in [-0.05, 0) is 44.0 Å². The van der Waals surface area contributed by atoms with Gasteiger partial charge in [0.2, 0.25) is 0 Å². The molecule has 94 valence electrons. The second-order valence-electron chi connectivity index (χ2n) is 3.89. The first-order valence-electron chi connectivity index (χ1n) is 5.64. The maximum atomic E-state index is 11.2. The molecule has 0 radical (unpaired) electrons. The van der Waals surface area contributed by atoms with E-state index in [1.807, 2.05) is 24.3 Å². The summed E-state index contributed by atoms with van der Waals surface area (Å²) in [6.45, 7) is 2.73. The number of carbonyl (C=O) groups is 2. The second-order valence-corrected chi connectivity index (χ2v) is 3.89. The molecule has 0 saturated carbocycles. The fraction of sp³-hybridized carbons (Fsp3) is 0.267. The fourth-order valence-electron chi connectivity index (χ4n) is 1.48. The molecule has 0 bridgehead atoms. The van der Waals surface area contributed by atoms with Gasteiger partial charge in [-0.25, -0.2) is 0 Å². The third-order valence-corrected chi connectivity index (χ3v) is 2.45. The van der Waals surface area contributed by atoms with Crippen LogP contribution in [0.2, 0.25) is 0 Å². The molecule has 0 heterocycles. The van der Waals surface area contributed by atoms with Gasteiger partial charge in [-0.3, -0.25) is 9.59 Å². The average Bonchev–Trinajstić information content (AvgIpc) is 2.34. The van der Waals surface area contributed by atoms with Crippen molar-refractivity contribution in [3.05, 3.63) is 47.2 Å². The number of ketones is 2. The third kappa shape index (κ3) is 4.04. The maximum Gasteiger partial charge on any atom is 0.171 e. The number of allylic oxidation sites excluding steroid dienone is 1. The van der Waals surface area contributed by atoms with Crippen molar-refractivity contribution in [2.24, 2.45) is 0 Å². The smallest absolute Gasteiger partial charge is 0.171 e. The van der Waals surface area contributed by atoms with Gasteiger partial charge >= 0.3 is 0 Å². The van der Waals surface area contributed by atoms with E-state index in [1.54, 1.807) is 13.2 Å². The lowest BCUT2D eigenvalue weighted by Crippen LogP contribution is -2.04. The van der Waals surface area contributed by atoms with E-state index in [1.165, 1.54) is 13.8 Å². The summed E-state index contributed by atoms with van der Waals surface area (Å²) in [5, 5.41) is 0. The molecule has 3 heteroatoms. The predicted octanol–water partition coefficient (Wildman–Crippen LogP) is 2.50. The molecule has 0 amide bonds. The van der Waals surface area contributed by atoms with Crippen LogP contribution in [-0.2, 0) is 16.0 Å². The monoisotopic (exact) mass is 244 g/mol. The van der Waals surface area contributed by atoms with E-state index in [0.717, 1.165) is 11.3 Å². The quantitative estimate of drug-likeness (QED) is 0.346. The van der Waals surface area contributed by atoms with Crippen molar-refractivity contribution < 1.29 is 14.3 Å². The molecule has 0 atom stereocenters. The number of rotatable bonds is 5. The van der Waals surface area contributed by atoms with E-state index in [-0.39, 0.29) is 17.1 Å². The van der Waals surface area contributed by atoms with Crippen molar-refractivity contribution in [2.45, 2.75) is 20.3 Å². The van der Waals surface area contributed by atoms with E-state index in [0.29, 0.717) is 6.42 Å². The van der Waals surface area contributed by atoms with Crippen LogP contribution in [0.1, 0.15) is 19.4 Å². The molecule has 0 aliphatic heterocycles. The van der Waals surface area contributed by atoms with Gasteiger partial charge in [0.15, 0.2) is 11.6 Å². The first kappa shape index (κ1) is 13.9. The fourth-order valence-corrected chi connectivity index (χ4v) is 1.48. The minimum atomic E-state index is -0.256. The Morgan fingerprint density at radius 1 is 1.17 bits per heavy atom. The topological polar surface area (TPSA) is 43.4 Å². The van der Waals surface area contributed by atoms with Gasteiger partial charge in [-0.2, -0.15) is 0 Å². The lowest BCUT2D eigenvalue weighted by atomic mass is 10.1. The van der Waals surface area contributed by atoms with Gasteiger partial charge in [-0.1, -0.05) is 12.1 Å². The van der Waals surface area contributed by atoms with Crippen molar-refractivity contribution in [1.82, 2.24) is 0 Å². The van der Waals surface area contributed by atoms with Crippen LogP contribution in [0.3, 0.4) is 0 Å². The SMILES string of the molecule is COc1ccc(CC=C=C(C(C)=O)C(C)=O)cc1. The summed E-state index contributed by atoms with van der Waals surface area (Å²) in [6, 6.07) is 7.59. The number of ether oxygens (including phenoxy) is 1.